The molecule has 3 nitrogen and oxygen atoms in total. The predicted octanol–water partition coefficient (Wildman–Crippen LogP) is 16.5. The number of aromatic nitrogens is 3. The molecule has 5 heteroatoms. The molecule has 10 aromatic carbocycles. The van der Waals surface area contributed by atoms with Crippen LogP contribution in [0.25, 0.3) is 93.3 Å². The summed E-state index contributed by atoms with van der Waals surface area (Å²) in [5.41, 5.74) is 19.4. The van der Waals surface area contributed by atoms with Crippen molar-refractivity contribution in [2.45, 2.75) is 69.1 Å². The minimum absolute atomic E-state index is 0.0526. The van der Waals surface area contributed by atoms with Gasteiger partial charge in [0.15, 0.2) is 0 Å². The molecule has 72 heavy (non-hydrogen) atoms. The molecule has 0 aliphatic carbocycles. The molecule has 0 saturated carbocycles. The molecule has 3 aromatic heterocycles. The van der Waals surface area contributed by atoms with Crippen molar-refractivity contribution in [3.05, 3.63) is 217 Å². The standard InChI is InChI=1S/C67H54BN3S/c1-40(2)44-34-52(41(3)4)67(53(35-44)42(5)6)68-56-31-29-46(70-60-27-17-14-24-51(60)66-48-21-11-10-18-43(48)28-33-61(66)70)36-64(56)72-65-37-47(30-32-57(65)68)71-59-26-16-13-23-50(59)55-38-54-49-22-12-15-25-58(49)69(62(54)39-63(55)71)45-19-8-7-9-20-45/h7-42H,1-6H3. The van der Waals surface area contributed by atoms with Gasteiger partial charge in [0.05, 0.1) is 33.1 Å². The van der Waals surface area contributed by atoms with Crippen LogP contribution in [0, 0.1) is 0 Å². The maximum Gasteiger partial charge on any atom is 0.244 e. The van der Waals surface area contributed by atoms with Crippen molar-refractivity contribution < 1.29 is 0 Å². The maximum absolute atomic E-state index is 2.54. The lowest BCUT2D eigenvalue weighted by atomic mass is 9.34. The van der Waals surface area contributed by atoms with Crippen molar-refractivity contribution in [2.24, 2.45) is 0 Å². The zero-order valence-electron chi connectivity index (χ0n) is 41.6. The molecule has 1 aliphatic heterocycles. The fourth-order valence-electron chi connectivity index (χ4n) is 12.5. The van der Waals surface area contributed by atoms with Gasteiger partial charge < -0.3 is 13.7 Å². The largest absolute Gasteiger partial charge is 0.309 e. The Kier molecular flexibility index (Phi) is 9.82. The number of hydrogen-bond acceptors (Lipinski definition) is 1. The Morgan fingerprint density at radius 1 is 0.347 bits per heavy atom. The first-order valence-electron chi connectivity index (χ1n) is 25.8. The summed E-state index contributed by atoms with van der Waals surface area (Å²) in [6.45, 7) is 14.3. The van der Waals surface area contributed by atoms with Crippen LogP contribution in [0.15, 0.2) is 210 Å². The Morgan fingerprint density at radius 2 is 0.833 bits per heavy atom. The highest BCUT2D eigenvalue weighted by atomic mass is 32.2. The van der Waals surface area contributed by atoms with E-state index in [2.05, 4.69) is 255 Å². The van der Waals surface area contributed by atoms with Gasteiger partial charge in [0, 0.05) is 59.2 Å². The van der Waals surface area contributed by atoms with E-state index in [0.29, 0.717) is 17.8 Å². The van der Waals surface area contributed by atoms with E-state index in [9.17, 15) is 0 Å². The summed E-state index contributed by atoms with van der Waals surface area (Å²) < 4.78 is 7.47. The van der Waals surface area contributed by atoms with E-state index in [1.807, 2.05) is 11.8 Å². The van der Waals surface area contributed by atoms with Crippen LogP contribution in [0.1, 0.15) is 76.0 Å². The van der Waals surface area contributed by atoms with Crippen molar-refractivity contribution >= 4 is 111 Å². The van der Waals surface area contributed by atoms with Crippen LogP contribution < -0.4 is 16.4 Å². The van der Waals surface area contributed by atoms with Gasteiger partial charge >= 0.3 is 0 Å². The van der Waals surface area contributed by atoms with E-state index < -0.39 is 0 Å². The summed E-state index contributed by atoms with van der Waals surface area (Å²) >= 11 is 1.94. The number of rotatable bonds is 7. The smallest absolute Gasteiger partial charge is 0.244 e. The quantitative estimate of drug-likeness (QED) is 0.145. The highest BCUT2D eigenvalue weighted by molar-refractivity contribution is 8.00. The van der Waals surface area contributed by atoms with Gasteiger partial charge in [-0.2, -0.15) is 0 Å². The van der Waals surface area contributed by atoms with Gasteiger partial charge in [0.2, 0.25) is 6.71 Å². The molecule has 4 heterocycles. The topological polar surface area (TPSA) is 14.8 Å². The highest BCUT2D eigenvalue weighted by Gasteiger charge is 2.36. The molecule has 0 unspecified atom stereocenters. The van der Waals surface area contributed by atoms with Gasteiger partial charge in [-0.25, -0.2) is 0 Å². The van der Waals surface area contributed by atoms with Crippen molar-refractivity contribution in [1.29, 1.82) is 0 Å². The first-order chi connectivity index (χ1) is 35.2. The molecule has 0 amide bonds. The van der Waals surface area contributed by atoms with E-state index in [1.54, 1.807) is 0 Å². The number of para-hydroxylation sites is 4. The Labute approximate surface area is 425 Å². The van der Waals surface area contributed by atoms with Gasteiger partial charge in [-0.3, -0.25) is 0 Å². The molecule has 0 bridgehead atoms. The lowest BCUT2D eigenvalue weighted by Gasteiger charge is -2.32. The first-order valence-corrected chi connectivity index (χ1v) is 26.6. The summed E-state index contributed by atoms with van der Waals surface area (Å²) in [6.07, 6.45) is 0. The number of hydrogen-bond donors (Lipinski definition) is 0. The molecule has 14 rings (SSSR count). The third-order valence-electron chi connectivity index (χ3n) is 15.9. The summed E-state index contributed by atoms with van der Waals surface area (Å²) in [7, 11) is 0. The van der Waals surface area contributed by atoms with Crippen LogP contribution in [0.5, 0.6) is 0 Å². The Balaban J connectivity index is 1.03. The molecule has 0 fully saturated rings. The van der Waals surface area contributed by atoms with E-state index in [-0.39, 0.29) is 6.71 Å². The van der Waals surface area contributed by atoms with Gasteiger partial charge in [0.25, 0.3) is 0 Å². The lowest BCUT2D eigenvalue weighted by Crippen LogP contribution is -2.57. The Bertz CT molecular complexity index is 4330. The summed E-state index contributed by atoms with van der Waals surface area (Å²) in [6, 6.07) is 75.8. The molecule has 0 N–H and O–H groups in total. The fourth-order valence-corrected chi connectivity index (χ4v) is 13.7. The molecule has 346 valence electrons. The Hall–Kier alpha value is -7.73. The fraction of sp³-hybridized carbons (Fsp3) is 0.134. The Morgan fingerprint density at radius 3 is 1.40 bits per heavy atom. The second kappa shape index (κ2) is 16.4. The van der Waals surface area contributed by atoms with Crippen molar-refractivity contribution in [2.75, 3.05) is 0 Å². The third-order valence-corrected chi connectivity index (χ3v) is 17.0. The zero-order valence-corrected chi connectivity index (χ0v) is 42.4. The lowest BCUT2D eigenvalue weighted by molar-refractivity contribution is 0.812. The van der Waals surface area contributed by atoms with Gasteiger partial charge in [-0.1, -0.05) is 197 Å². The predicted molar refractivity (Wildman–Crippen MR) is 311 cm³/mol. The second-order valence-corrected chi connectivity index (χ2v) is 22.1. The van der Waals surface area contributed by atoms with E-state index in [0.717, 1.165) is 5.69 Å². The monoisotopic (exact) mass is 943 g/mol. The molecule has 13 aromatic rings. The van der Waals surface area contributed by atoms with Crippen LogP contribution in [-0.4, -0.2) is 20.4 Å². The first kappa shape index (κ1) is 43.1. The summed E-state index contributed by atoms with van der Waals surface area (Å²) in [4.78, 5) is 2.61. The second-order valence-electron chi connectivity index (χ2n) is 21.0. The van der Waals surface area contributed by atoms with E-state index in [4.69, 9.17) is 0 Å². The van der Waals surface area contributed by atoms with Crippen molar-refractivity contribution in [1.82, 2.24) is 13.7 Å². The van der Waals surface area contributed by atoms with E-state index >= 15 is 0 Å². The van der Waals surface area contributed by atoms with Crippen LogP contribution >= 0.6 is 11.8 Å². The molecule has 0 saturated heterocycles. The molecule has 0 spiro atoms. The molecule has 0 radical (unpaired) electrons. The number of benzene rings is 10. The van der Waals surface area contributed by atoms with Gasteiger partial charge in [-0.15, -0.1) is 0 Å². The minimum Gasteiger partial charge on any atom is -0.309 e. The van der Waals surface area contributed by atoms with Crippen LogP contribution in [0.4, 0.5) is 0 Å². The zero-order chi connectivity index (χ0) is 48.5. The normalized spacial score (nSPS) is 12.9. The molecule has 1 aliphatic rings. The van der Waals surface area contributed by atoms with Crippen LogP contribution in [0.2, 0.25) is 0 Å². The SMILES string of the molecule is CC(C)c1cc(C(C)C)c(B2c3ccc(-n4c5ccccc5c5cc6c7ccccc7n(-c7ccccc7)c6cc54)cc3Sc3cc(-n4c5ccccc5c5c6ccccc6ccc54)ccc32)c(C(C)C)c1. The molecular formula is C67H54BN3S. The van der Waals surface area contributed by atoms with Crippen molar-refractivity contribution in [3.8, 4) is 17.1 Å². The minimum atomic E-state index is 0.0526. The van der Waals surface area contributed by atoms with Crippen LogP contribution in [-0.2, 0) is 0 Å². The molecular weight excluding hydrogens is 890 g/mol. The summed E-state index contributed by atoms with van der Waals surface area (Å²) in [5, 5.41) is 10.2. The summed E-state index contributed by atoms with van der Waals surface area (Å²) in [5.74, 6) is 1.14. The third kappa shape index (κ3) is 6.39. The highest BCUT2D eigenvalue weighted by Crippen LogP contribution is 2.43. The average molecular weight is 944 g/mol. The maximum atomic E-state index is 2.54. The average Bonchev–Trinajstić information content (AvgIpc) is 4.04. The van der Waals surface area contributed by atoms with Crippen LogP contribution in [0.3, 0.4) is 0 Å². The molecule has 0 atom stereocenters. The van der Waals surface area contributed by atoms with E-state index in [1.165, 1.54) is 130 Å². The van der Waals surface area contributed by atoms with Gasteiger partial charge in [-0.05, 0) is 118 Å². The van der Waals surface area contributed by atoms with Gasteiger partial charge in [0.1, 0.15) is 0 Å². The number of nitrogens with zero attached hydrogens (tertiary/aromatic N) is 3. The number of fused-ring (bicyclic) bond motifs is 13. The van der Waals surface area contributed by atoms with Crippen molar-refractivity contribution in [3.63, 3.8) is 0 Å².